The highest BCUT2D eigenvalue weighted by Gasteiger charge is 2.17. The molecule has 0 unspecified atom stereocenters. The Morgan fingerprint density at radius 1 is 1.47 bits per heavy atom. The SMILES string of the molecule is CC(C)n1nc(S(N)(=O)=O)cc1CCN(C)C. The first-order chi connectivity index (χ1) is 7.71. The van der Waals surface area contributed by atoms with Gasteiger partial charge in [0.25, 0.3) is 10.0 Å². The molecule has 1 heterocycles. The van der Waals surface area contributed by atoms with Crippen LogP contribution in [0.3, 0.4) is 0 Å². The Morgan fingerprint density at radius 3 is 2.47 bits per heavy atom. The molecule has 0 aliphatic carbocycles. The van der Waals surface area contributed by atoms with Gasteiger partial charge in [-0.3, -0.25) is 4.68 Å². The summed E-state index contributed by atoms with van der Waals surface area (Å²) in [6.07, 6.45) is 0.744. The minimum atomic E-state index is -3.72. The van der Waals surface area contributed by atoms with Crippen LogP contribution in [0.4, 0.5) is 0 Å². The van der Waals surface area contributed by atoms with Crippen molar-refractivity contribution >= 4 is 10.0 Å². The molecule has 7 heteroatoms. The molecule has 17 heavy (non-hydrogen) atoms. The van der Waals surface area contributed by atoms with E-state index < -0.39 is 10.0 Å². The van der Waals surface area contributed by atoms with E-state index in [0.29, 0.717) is 0 Å². The van der Waals surface area contributed by atoms with Gasteiger partial charge in [0.2, 0.25) is 0 Å². The molecule has 0 amide bonds. The van der Waals surface area contributed by atoms with E-state index in [1.165, 1.54) is 0 Å². The third kappa shape index (κ3) is 3.79. The lowest BCUT2D eigenvalue weighted by Gasteiger charge is -2.13. The predicted molar refractivity (Wildman–Crippen MR) is 66.2 cm³/mol. The molecular formula is C10H20N4O2S. The Balaban J connectivity index is 3.06. The second-order valence-electron chi connectivity index (χ2n) is 4.61. The van der Waals surface area contributed by atoms with Gasteiger partial charge in [0.15, 0.2) is 5.03 Å². The zero-order valence-corrected chi connectivity index (χ0v) is 11.5. The van der Waals surface area contributed by atoms with Crippen molar-refractivity contribution in [3.05, 3.63) is 11.8 Å². The minimum absolute atomic E-state index is 0.0556. The normalized spacial score (nSPS) is 12.6. The van der Waals surface area contributed by atoms with Gasteiger partial charge in [-0.05, 0) is 34.0 Å². The molecule has 0 radical (unpaired) electrons. The molecule has 0 spiro atoms. The largest absolute Gasteiger partial charge is 0.309 e. The molecule has 0 atom stereocenters. The molecule has 0 saturated carbocycles. The van der Waals surface area contributed by atoms with Gasteiger partial charge in [-0.25, -0.2) is 13.6 Å². The summed E-state index contributed by atoms with van der Waals surface area (Å²) in [5.74, 6) is 0. The predicted octanol–water partition coefficient (Wildman–Crippen LogP) is 0.216. The van der Waals surface area contributed by atoms with Gasteiger partial charge >= 0.3 is 0 Å². The number of rotatable bonds is 5. The van der Waals surface area contributed by atoms with Crippen LogP contribution in [0, 0.1) is 0 Å². The van der Waals surface area contributed by atoms with Crippen molar-refractivity contribution in [3.63, 3.8) is 0 Å². The van der Waals surface area contributed by atoms with E-state index in [4.69, 9.17) is 5.14 Å². The van der Waals surface area contributed by atoms with E-state index in [-0.39, 0.29) is 11.1 Å². The van der Waals surface area contributed by atoms with Crippen LogP contribution in [0.2, 0.25) is 0 Å². The minimum Gasteiger partial charge on any atom is -0.309 e. The number of primary sulfonamides is 1. The van der Waals surface area contributed by atoms with E-state index in [1.807, 2.05) is 32.8 Å². The second kappa shape index (κ2) is 5.16. The monoisotopic (exact) mass is 260 g/mol. The zero-order chi connectivity index (χ0) is 13.2. The molecule has 0 aliphatic heterocycles. The standard InChI is InChI=1S/C10H20N4O2S/c1-8(2)14-9(5-6-13(3)4)7-10(12-14)17(11,15)16/h7-8H,5-6H2,1-4H3,(H2,11,15,16). The summed E-state index contributed by atoms with van der Waals surface area (Å²) in [4.78, 5) is 2.04. The fourth-order valence-electron chi connectivity index (χ4n) is 1.52. The number of nitrogens with two attached hydrogens (primary N) is 1. The summed E-state index contributed by atoms with van der Waals surface area (Å²) in [6, 6.07) is 1.67. The van der Waals surface area contributed by atoms with Crippen molar-refractivity contribution < 1.29 is 8.42 Å². The topological polar surface area (TPSA) is 81.2 Å². The third-order valence-electron chi connectivity index (χ3n) is 2.39. The number of nitrogens with zero attached hydrogens (tertiary/aromatic N) is 3. The van der Waals surface area contributed by atoms with Crippen LogP contribution in [0.1, 0.15) is 25.6 Å². The highest BCUT2D eigenvalue weighted by atomic mass is 32.2. The number of aromatic nitrogens is 2. The maximum absolute atomic E-state index is 11.3. The Hall–Kier alpha value is -0.920. The van der Waals surface area contributed by atoms with Crippen molar-refractivity contribution in [2.75, 3.05) is 20.6 Å². The van der Waals surface area contributed by atoms with Crippen LogP contribution in [0.5, 0.6) is 0 Å². The van der Waals surface area contributed by atoms with E-state index >= 15 is 0 Å². The molecule has 6 nitrogen and oxygen atoms in total. The fourth-order valence-corrected chi connectivity index (χ4v) is 2.02. The summed E-state index contributed by atoms with van der Waals surface area (Å²) in [7, 11) is 0.216. The molecule has 0 saturated heterocycles. The Labute approximate surface area is 102 Å². The van der Waals surface area contributed by atoms with Gasteiger partial charge in [0.1, 0.15) is 0 Å². The lowest BCUT2D eigenvalue weighted by Crippen LogP contribution is -2.18. The Morgan fingerprint density at radius 2 is 2.06 bits per heavy atom. The molecule has 0 bridgehead atoms. The average Bonchev–Trinajstić information content (AvgIpc) is 2.57. The summed E-state index contributed by atoms with van der Waals surface area (Å²) in [5.41, 5.74) is 0.887. The van der Waals surface area contributed by atoms with Crippen LogP contribution in [0.15, 0.2) is 11.1 Å². The van der Waals surface area contributed by atoms with Crippen molar-refractivity contribution in [2.45, 2.75) is 31.3 Å². The van der Waals surface area contributed by atoms with Crippen molar-refractivity contribution in [1.29, 1.82) is 0 Å². The van der Waals surface area contributed by atoms with Gasteiger partial charge in [-0.15, -0.1) is 0 Å². The molecule has 1 aromatic rings. The van der Waals surface area contributed by atoms with E-state index in [1.54, 1.807) is 10.7 Å². The Bertz CT molecular complexity index is 476. The van der Waals surface area contributed by atoms with Crippen molar-refractivity contribution in [2.24, 2.45) is 5.14 Å². The van der Waals surface area contributed by atoms with Gasteiger partial charge < -0.3 is 4.90 Å². The van der Waals surface area contributed by atoms with Crippen LogP contribution in [0.25, 0.3) is 0 Å². The maximum atomic E-state index is 11.3. The number of likely N-dealkylation sites (N-methyl/N-ethyl adjacent to an activating group) is 1. The van der Waals surface area contributed by atoms with Gasteiger partial charge in [-0.1, -0.05) is 0 Å². The lowest BCUT2D eigenvalue weighted by atomic mass is 10.3. The lowest BCUT2D eigenvalue weighted by molar-refractivity contribution is 0.400. The Kier molecular flexibility index (Phi) is 4.29. The molecule has 98 valence electrons. The average molecular weight is 260 g/mol. The molecule has 2 N–H and O–H groups in total. The van der Waals surface area contributed by atoms with Crippen molar-refractivity contribution in [1.82, 2.24) is 14.7 Å². The smallest absolute Gasteiger partial charge is 0.257 e. The number of hydrogen-bond acceptors (Lipinski definition) is 4. The molecule has 0 aliphatic rings. The maximum Gasteiger partial charge on any atom is 0.257 e. The van der Waals surface area contributed by atoms with Crippen LogP contribution >= 0.6 is 0 Å². The number of sulfonamides is 1. The summed E-state index contributed by atoms with van der Waals surface area (Å²) >= 11 is 0. The van der Waals surface area contributed by atoms with Crippen molar-refractivity contribution in [3.8, 4) is 0 Å². The van der Waals surface area contributed by atoms with Crippen LogP contribution < -0.4 is 5.14 Å². The van der Waals surface area contributed by atoms with E-state index in [9.17, 15) is 8.42 Å². The third-order valence-corrected chi connectivity index (χ3v) is 3.17. The quantitative estimate of drug-likeness (QED) is 0.821. The first kappa shape index (κ1) is 14.1. The van der Waals surface area contributed by atoms with Gasteiger partial charge in [-0.2, -0.15) is 5.10 Å². The molecule has 1 rings (SSSR count). The zero-order valence-electron chi connectivity index (χ0n) is 10.7. The second-order valence-corrected chi connectivity index (χ2v) is 6.12. The van der Waals surface area contributed by atoms with Crippen LogP contribution in [-0.4, -0.2) is 43.7 Å². The molecule has 0 aromatic carbocycles. The highest BCUT2D eigenvalue weighted by Crippen LogP contribution is 2.14. The summed E-state index contributed by atoms with van der Waals surface area (Å²) in [6.45, 7) is 4.75. The first-order valence-corrected chi connectivity index (χ1v) is 7.02. The molecule has 1 aromatic heterocycles. The highest BCUT2D eigenvalue weighted by molar-refractivity contribution is 7.89. The molecular weight excluding hydrogens is 240 g/mol. The summed E-state index contributed by atoms with van der Waals surface area (Å²) < 4.78 is 24.2. The molecule has 0 fully saturated rings. The van der Waals surface area contributed by atoms with E-state index in [2.05, 4.69) is 5.10 Å². The fraction of sp³-hybridized carbons (Fsp3) is 0.700. The first-order valence-electron chi connectivity index (χ1n) is 5.47. The van der Waals surface area contributed by atoms with Gasteiger partial charge in [0, 0.05) is 24.7 Å². The summed E-state index contributed by atoms with van der Waals surface area (Å²) in [5, 5.41) is 9.07. The number of hydrogen-bond donors (Lipinski definition) is 1. The van der Waals surface area contributed by atoms with E-state index in [0.717, 1.165) is 18.7 Å². The van der Waals surface area contributed by atoms with Gasteiger partial charge in [0.05, 0.1) is 0 Å². The van der Waals surface area contributed by atoms with Crippen LogP contribution in [-0.2, 0) is 16.4 Å².